The van der Waals surface area contributed by atoms with Gasteiger partial charge in [-0.15, -0.1) is 0 Å². The highest BCUT2D eigenvalue weighted by atomic mass is 35.5. The molecule has 6 heteroatoms. The number of benzene rings is 2. The lowest BCUT2D eigenvalue weighted by molar-refractivity contribution is -0.133. The summed E-state index contributed by atoms with van der Waals surface area (Å²) in [6.45, 7) is 5.56. The van der Waals surface area contributed by atoms with Crippen LogP contribution in [0.1, 0.15) is 26.3 Å². The van der Waals surface area contributed by atoms with Crippen molar-refractivity contribution in [2.45, 2.75) is 33.4 Å². The van der Waals surface area contributed by atoms with Gasteiger partial charge in [0.15, 0.2) is 0 Å². The van der Waals surface area contributed by atoms with Gasteiger partial charge in [-0.3, -0.25) is 9.59 Å². The molecular formula is C20H23ClN2O3. The van der Waals surface area contributed by atoms with E-state index in [-0.39, 0.29) is 31.0 Å². The molecule has 26 heavy (non-hydrogen) atoms. The summed E-state index contributed by atoms with van der Waals surface area (Å²) in [6, 6.07) is 14.4. The number of carbonyl (C=O) groups excluding carboxylic acids is 2. The van der Waals surface area contributed by atoms with Gasteiger partial charge in [-0.1, -0.05) is 29.8 Å². The number of anilines is 1. The first-order valence-corrected chi connectivity index (χ1v) is 8.78. The van der Waals surface area contributed by atoms with Crippen LogP contribution in [0, 0.1) is 0 Å². The molecule has 0 spiro atoms. The van der Waals surface area contributed by atoms with Gasteiger partial charge in [-0.2, -0.15) is 0 Å². The third-order valence-corrected chi connectivity index (χ3v) is 3.98. The number of nitrogens with one attached hydrogen (secondary N) is 1. The van der Waals surface area contributed by atoms with Gasteiger partial charge in [-0.25, -0.2) is 0 Å². The van der Waals surface area contributed by atoms with Crippen molar-refractivity contribution in [1.29, 1.82) is 0 Å². The second-order valence-corrected chi connectivity index (χ2v) is 6.61. The molecule has 1 N–H and O–H groups in total. The van der Waals surface area contributed by atoms with E-state index in [2.05, 4.69) is 5.32 Å². The Balaban J connectivity index is 1.97. The first-order chi connectivity index (χ1) is 12.3. The lowest BCUT2D eigenvalue weighted by atomic mass is 10.2. The number of hydrogen-bond acceptors (Lipinski definition) is 3. The van der Waals surface area contributed by atoms with Crippen LogP contribution < -0.4 is 10.1 Å². The molecular weight excluding hydrogens is 352 g/mol. The van der Waals surface area contributed by atoms with Gasteiger partial charge >= 0.3 is 0 Å². The van der Waals surface area contributed by atoms with E-state index in [4.69, 9.17) is 16.3 Å². The lowest BCUT2D eigenvalue weighted by Crippen LogP contribution is -2.36. The van der Waals surface area contributed by atoms with Crippen LogP contribution in [-0.2, 0) is 16.1 Å². The normalized spacial score (nSPS) is 10.5. The van der Waals surface area contributed by atoms with E-state index in [1.165, 1.54) is 11.8 Å². The SMILES string of the molecule is CC(=O)N(CC(=O)Nc1ccc(OC(C)C)cc1)Cc1ccccc1Cl. The van der Waals surface area contributed by atoms with E-state index in [1.54, 1.807) is 30.3 Å². The van der Waals surface area contributed by atoms with E-state index in [9.17, 15) is 9.59 Å². The average molecular weight is 375 g/mol. The van der Waals surface area contributed by atoms with Crippen LogP contribution >= 0.6 is 11.6 Å². The summed E-state index contributed by atoms with van der Waals surface area (Å²) in [5, 5.41) is 3.36. The fourth-order valence-corrected chi connectivity index (χ4v) is 2.57. The van der Waals surface area contributed by atoms with Crippen molar-refractivity contribution in [1.82, 2.24) is 4.90 Å². The maximum atomic E-state index is 12.3. The van der Waals surface area contributed by atoms with Crippen molar-refractivity contribution in [3.63, 3.8) is 0 Å². The highest BCUT2D eigenvalue weighted by Gasteiger charge is 2.15. The first kappa shape index (κ1) is 19.8. The number of carbonyl (C=O) groups is 2. The summed E-state index contributed by atoms with van der Waals surface area (Å²) in [5.74, 6) is 0.271. The zero-order valence-electron chi connectivity index (χ0n) is 15.2. The Hall–Kier alpha value is -2.53. The van der Waals surface area contributed by atoms with Crippen LogP contribution in [0.25, 0.3) is 0 Å². The Morgan fingerprint density at radius 3 is 2.35 bits per heavy atom. The Bertz CT molecular complexity index is 760. The zero-order valence-corrected chi connectivity index (χ0v) is 15.9. The lowest BCUT2D eigenvalue weighted by Gasteiger charge is -2.21. The van der Waals surface area contributed by atoms with E-state index in [0.717, 1.165) is 11.3 Å². The van der Waals surface area contributed by atoms with Gasteiger partial charge in [0.2, 0.25) is 11.8 Å². The van der Waals surface area contributed by atoms with Gasteiger partial charge in [-0.05, 0) is 49.7 Å². The first-order valence-electron chi connectivity index (χ1n) is 8.40. The highest BCUT2D eigenvalue weighted by molar-refractivity contribution is 6.31. The van der Waals surface area contributed by atoms with Crippen LogP contribution in [0.15, 0.2) is 48.5 Å². The Morgan fingerprint density at radius 2 is 1.77 bits per heavy atom. The van der Waals surface area contributed by atoms with E-state index in [0.29, 0.717) is 10.7 Å². The van der Waals surface area contributed by atoms with Crippen molar-refractivity contribution in [3.8, 4) is 5.75 Å². The zero-order chi connectivity index (χ0) is 19.1. The van der Waals surface area contributed by atoms with Crippen molar-refractivity contribution in [3.05, 3.63) is 59.1 Å². The molecule has 0 bridgehead atoms. The number of amides is 2. The molecule has 0 fully saturated rings. The molecule has 138 valence electrons. The van der Waals surface area contributed by atoms with Gasteiger partial charge in [0.1, 0.15) is 12.3 Å². The summed E-state index contributed by atoms with van der Waals surface area (Å²) in [4.78, 5) is 25.6. The summed E-state index contributed by atoms with van der Waals surface area (Å²) in [5.41, 5.74) is 1.44. The van der Waals surface area contributed by atoms with Crippen LogP contribution in [0.4, 0.5) is 5.69 Å². The number of hydrogen-bond donors (Lipinski definition) is 1. The fraction of sp³-hybridized carbons (Fsp3) is 0.300. The summed E-state index contributed by atoms with van der Waals surface area (Å²) in [7, 11) is 0. The van der Waals surface area contributed by atoms with E-state index >= 15 is 0 Å². The molecule has 0 saturated heterocycles. The van der Waals surface area contributed by atoms with Crippen LogP contribution in [-0.4, -0.2) is 29.4 Å². The van der Waals surface area contributed by atoms with Gasteiger partial charge in [0.05, 0.1) is 6.10 Å². The molecule has 0 aliphatic heterocycles. The molecule has 0 aliphatic carbocycles. The third kappa shape index (κ3) is 6.08. The number of ether oxygens (including phenoxy) is 1. The average Bonchev–Trinajstić information content (AvgIpc) is 2.57. The minimum Gasteiger partial charge on any atom is -0.491 e. The quantitative estimate of drug-likeness (QED) is 0.793. The maximum Gasteiger partial charge on any atom is 0.244 e. The Kier molecular flexibility index (Phi) is 7.04. The fourth-order valence-electron chi connectivity index (χ4n) is 2.37. The smallest absolute Gasteiger partial charge is 0.244 e. The van der Waals surface area contributed by atoms with Gasteiger partial charge in [0, 0.05) is 24.2 Å². The Morgan fingerprint density at radius 1 is 1.12 bits per heavy atom. The maximum absolute atomic E-state index is 12.3. The second-order valence-electron chi connectivity index (χ2n) is 6.21. The third-order valence-electron chi connectivity index (χ3n) is 3.61. The van der Waals surface area contributed by atoms with Crippen molar-refractivity contribution < 1.29 is 14.3 Å². The predicted molar refractivity (Wildman–Crippen MR) is 103 cm³/mol. The molecule has 0 saturated carbocycles. The highest BCUT2D eigenvalue weighted by Crippen LogP contribution is 2.18. The minimum absolute atomic E-state index is 0.0508. The molecule has 0 radical (unpaired) electrons. The molecule has 0 atom stereocenters. The van der Waals surface area contributed by atoms with Crippen molar-refractivity contribution in [2.24, 2.45) is 0 Å². The topological polar surface area (TPSA) is 58.6 Å². The predicted octanol–water partition coefficient (Wildman–Crippen LogP) is 4.11. The van der Waals surface area contributed by atoms with Crippen molar-refractivity contribution in [2.75, 3.05) is 11.9 Å². The molecule has 0 aliphatic rings. The largest absolute Gasteiger partial charge is 0.491 e. The minimum atomic E-state index is -0.273. The molecule has 2 aromatic carbocycles. The molecule has 2 amide bonds. The Labute approximate surface area is 158 Å². The molecule has 2 aromatic rings. The monoisotopic (exact) mass is 374 g/mol. The molecule has 0 heterocycles. The molecule has 0 unspecified atom stereocenters. The van der Waals surface area contributed by atoms with Gasteiger partial charge < -0.3 is 15.0 Å². The standard InChI is InChI=1S/C20H23ClN2O3/c1-14(2)26-18-10-8-17(9-11-18)22-20(25)13-23(15(3)24)12-16-6-4-5-7-19(16)21/h4-11,14H,12-13H2,1-3H3,(H,22,25). The summed E-state index contributed by atoms with van der Waals surface area (Å²) >= 11 is 6.14. The molecule has 2 rings (SSSR count). The van der Waals surface area contributed by atoms with E-state index < -0.39 is 0 Å². The summed E-state index contributed by atoms with van der Waals surface area (Å²) < 4.78 is 5.57. The van der Waals surface area contributed by atoms with Crippen LogP contribution in [0.5, 0.6) is 5.75 Å². The van der Waals surface area contributed by atoms with Crippen molar-refractivity contribution >= 4 is 29.1 Å². The second kappa shape index (κ2) is 9.25. The van der Waals surface area contributed by atoms with Crippen LogP contribution in [0.2, 0.25) is 5.02 Å². The van der Waals surface area contributed by atoms with E-state index in [1.807, 2.05) is 32.0 Å². The molecule has 5 nitrogen and oxygen atoms in total. The van der Waals surface area contributed by atoms with Gasteiger partial charge in [0.25, 0.3) is 0 Å². The summed E-state index contributed by atoms with van der Waals surface area (Å²) in [6.07, 6.45) is 0.0874. The number of nitrogens with zero attached hydrogens (tertiary/aromatic N) is 1. The van der Waals surface area contributed by atoms with Crippen LogP contribution in [0.3, 0.4) is 0 Å². The number of halogens is 1. The number of rotatable bonds is 7. The molecule has 0 aromatic heterocycles.